The fraction of sp³-hybridized carbons (Fsp3) is 0.333. The zero-order valence-corrected chi connectivity index (χ0v) is 14.2. The third kappa shape index (κ3) is 2.79. The molecule has 1 amide bonds. The molecule has 0 saturated heterocycles. The van der Waals surface area contributed by atoms with E-state index in [4.69, 9.17) is 11.6 Å². The van der Waals surface area contributed by atoms with Crippen LogP contribution in [-0.2, 0) is 13.0 Å². The number of pyridine rings is 1. The highest BCUT2D eigenvalue weighted by atomic mass is 35.5. The van der Waals surface area contributed by atoms with Crippen LogP contribution in [0.1, 0.15) is 39.7 Å². The molecule has 1 unspecified atom stereocenters. The van der Waals surface area contributed by atoms with Crippen LogP contribution in [0, 0.1) is 13.8 Å². The lowest BCUT2D eigenvalue weighted by Gasteiger charge is -2.35. The quantitative estimate of drug-likeness (QED) is 0.919. The van der Waals surface area contributed by atoms with Crippen molar-refractivity contribution >= 4 is 17.5 Å². The van der Waals surface area contributed by atoms with Crippen molar-refractivity contribution in [2.24, 2.45) is 0 Å². The van der Waals surface area contributed by atoms with Crippen molar-refractivity contribution in [1.29, 1.82) is 0 Å². The monoisotopic (exact) mass is 330 g/mol. The summed E-state index contributed by atoms with van der Waals surface area (Å²) >= 11 is 6.22. The molecule has 0 fully saturated rings. The van der Waals surface area contributed by atoms with Crippen LogP contribution in [0.5, 0.6) is 0 Å². The molecule has 120 valence electrons. The molecule has 0 aliphatic carbocycles. The van der Waals surface area contributed by atoms with Gasteiger partial charge in [-0.1, -0.05) is 23.7 Å². The summed E-state index contributed by atoms with van der Waals surface area (Å²) in [5.74, 6) is -0.108. The molecule has 5 heteroatoms. The van der Waals surface area contributed by atoms with Crippen molar-refractivity contribution in [3.63, 3.8) is 0 Å². The highest BCUT2D eigenvalue weighted by Crippen LogP contribution is 2.29. The first-order chi connectivity index (χ1) is 10.9. The van der Waals surface area contributed by atoms with Crippen molar-refractivity contribution < 1.29 is 4.79 Å². The first kappa shape index (κ1) is 15.8. The van der Waals surface area contributed by atoms with Gasteiger partial charge in [-0.25, -0.2) is 0 Å². The summed E-state index contributed by atoms with van der Waals surface area (Å²) in [5, 5.41) is 0.471. The van der Waals surface area contributed by atoms with Crippen molar-refractivity contribution in [3.05, 3.63) is 67.6 Å². The molecule has 1 atom stereocenters. The number of hydrogen-bond acceptors (Lipinski definition) is 2. The minimum absolute atomic E-state index is 0.0218. The highest BCUT2D eigenvalue weighted by molar-refractivity contribution is 6.34. The van der Waals surface area contributed by atoms with Crippen LogP contribution in [-0.4, -0.2) is 21.8 Å². The number of aromatic nitrogens is 1. The van der Waals surface area contributed by atoms with E-state index in [1.807, 2.05) is 39.0 Å². The van der Waals surface area contributed by atoms with Gasteiger partial charge < -0.3 is 9.88 Å². The summed E-state index contributed by atoms with van der Waals surface area (Å²) in [6.07, 6.45) is 0.741. The third-order valence-electron chi connectivity index (χ3n) is 4.44. The number of benzene rings is 1. The maximum atomic E-state index is 12.9. The normalized spacial score (nSPS) is 17.3. The molecule has 0 radical (unpaired) electrons. The van der Waals surface area contributed by atoms with Crippen molar-refractivity contribution in [3.8, 4) is 0 Å². The van der Waals surface area contributed by atoms with Gasteiger partial charge in [-0.05, 0) is 50.5 Å². The molecule has 2 heterocycles. The van der Waals surface area contributed by atoms with E-state index < -0.39 is 0 Å². The first-order valence-corrected chi connectivity index (χ1v) is 8.04. The molecule has 1 N–H and O–H groups in total. The van der Waals surface area contributed by atoms with E-state index in [9.17, 15) is 9.59 Å². The summed E-state index contributed by atoms with van der Waals surface area (Å²) < 4.78 is 0. The van der Waals surface area contributed by atoms with Gasteiger partial charge in [0.15, 0.2) is 0 Å². The number of carbonyl (C=O) groups is 1. The van der Waals surface area contributed by atoms with Gasteiger partial charge in [-0.15, -0.1) is 0 Å². The molecular weight excluding hydrogens is 312 g/mol. The fourth-order valence-electron chi connectivity index (χ4n) is 3.23. The first-order valence-electron chi connectivity index (χ1n) is 7.66. The minimum atomic E-state index is -0.132. The van der Waals surface area contributed by atoms with Crippen LogP contribution in [0.25, 0.3) is 0 Å². The maximum Gasteiger partial charge on any atom is 0.256 e. The lowest BCUT2D eigenvalue weighted by atomic mass is 9.93. The molecular formula is C18H19ClN2O2. The molecule has 1 aromatic heterocycles. The van der Waals surface area contributed by atoms with Crippen molar-refractivity contribution in [2.75, 3.05) is 0 Å². The zero-order chi connectivity index (χ0) is 16.7. The number of amides is 1. The Hall–Kier alpha value is -2.07. The van der Waals surface area contributed by atoms with E-state index in [1.165, 1.54) is 0 Å². The molecule has 1 aromatic carbocycles. The Bertz CT molecular complexity index is 841. The highest BCUT2D eigenvalue weighted by Gasteiger charge is 2.32. The molecule has 1 aliphatic rings. The lowest BCUT2D eigenvalue weighted by Crippen LogP contribution is -2.44. The topological polar surface area (TPSA) is 53.2 Å². The number of nitrogens with one attached hydrogen (secondary N) is 1. The Labute approximate surface area is 140 Å². The second kappa shape index (κ2) is 5.85. The number of carbonyl (C=O) groups excluding carboxylic acids is 1. The number of aromatic amines is 1. The molecule has 3 rings (SSSR count). The van der Waals surface area contributed by atoms with Gasteiger partial charge in [0.05, 0.1) is 17.1 Å². The standard InChI is InChI=1S/C18H19ClN2O2/c1-10-7-11(2)20-17(22)14(10)9-21-12(3)8-13-5-4-6-15(19)16(13)18(21)23/h4-7,12H,8-9H2,1-3H3,(H,20,22). The predicted octanol–water partition coefficient (Wildman–Crippen LogP) is 3.23. The summed E-state index contributed by atoms with van der Waals surface area (Å²) in [7, 11) is 0. The molecule has 4 nitrogen and oxygen atoms in total. The Morgan fingerprint density at radius 2 is 2.04 bits per heavy atom. The van der Waals surface area contributed by atoms with Crippen LogP contribution in [0.2, 0.25) is 5.02 Å². The number of H-pyrrole nitrogens is 1. The summed E-state index contributed by atoms with van der Waals surface area (Å²) in [6, 6.07) is 7.49. The Balaban J connectivity index is 2.00. The number of hydrogen-bond donors (Lipinski definition) is 1. The van der Waals surface area contributed by atoms with Gasteiger partial charge in [0.1, 0.15) is 0 Å². The zero-order valence-electron chi connectivity index (χ0n) is 13.4. The molecule has 0 saturated carbocycles. The smallest absolute Gasteiger partial charge is 0.256 e. The number of nitrogens with zero attached hydrogens (tertiary/aromatic N) is 1. The van der Waals surface area contributed by atoms with Crippen LogP contribution >= 0.6 is 11.6 Å². The maximum absolute atomic E-state index is 12.9. The van der Waals surface area contributed by atoms with E-state index in [-0.39, 0.29) is 17.5 Å². The van der Waals surface area contributed by atoms with E-state index in [2.05, 4.69) is 4.98 Å². The third-order valence-corrected chi connectivity index (χ3v) is 4.76. The Kier molecular flexibility index (Phi) is 4.02. The predicted molar refractivity (Wildman–Crippen MR) is 91.0 cm³/mol. The van der Waals surface area contributed by atoms with Gasteiger partial charge in [0.2, 0.25) is 0 Å². The van der Waals surface area contributed by atoms with Crippen molar-refractivity contribution in [1.82, 2.24) is 9.88 Å². The number of fused-ring (bicyclic) bond motifs is 1. The Morgan fingerprint density at radius 1 is 1.30 bits per heavy atom. The SMILES string of the molecule is Cc1cc(C)c(CN2C(=O)c3c(Cl)cccc3CC2C)c(=O)[nH]1. The lowest BCUT2D eigenvalue weighted by molar-refractivity contribution is 0.0648. The molecule has 0 spiro atoms. The average molecular weight is 331 g/mol. The van der Waals surface area contributed by atoms with Gasteiger partial charge in [0.25, 0.3) is 11.5 Å². The summed E-state index contributed by atoms with van der Waals surface area (Å²) in [5.41, 5.74) is 3.76. The number of halogens is 1. The van der Waals surface area contributed by atoms with E-state index in [1.54, 1.807) is 11.0 Å². The van der Waals surface area contributed by atoms with Crippen LogP contribution in [0.15, 0.2) is 29.1 Å². The molecule has 0 bridgehead atoms. The van der Waals surface area contributed by atoms with Crippen LogP contribution in [0.4, 0.5) is 0 Å². The van der Waals surface area contributed by atoms with E-state index in [0.717, 1.165) is 23.2 Å². The van der Waals surface area contributed by atoms with Crippen molar-refractivity contribution in [2.45, 2.75) is 39.8 Å². The second-order valence-corrected chi connectivity index (χ2v) is 6.61. The minimum Gasteiger partial charge on any atom is -0.331 e. The van der Waals surface area contributed by atoms with Gasteiger partial charge in [-0.3, -0.25) is 9.59 Å². The molecule has 2 aromatic rings. The number of rotatable bonds is 2. The van der Waals surface area contributed by atoms with Gasteiger partial charge in [0, 0.05) is 17.3 Å². The fourth-order valence-corrected chi connectivity index (χ4v) is 3.50. The van der Waals surface area contributed by atoms with E-state index >= 15 is 0 Å². The molecule has 23 heavy (non-hydrogen) atoms. The summed E-state index contributed by atoms with van der Waals surface area (Å²) in [6.45, 7) is 6.05. The van der Waals surface area contributed by atoms with Gasteiger partial charge >= 0.3 is 0 Å². The van der Waals surface area contributed by atoms with Gasteiger partial charge in [-0.2, -0.15) is 0 Å². The van der Waals surface area contributed by atoms with Crippen LogP contribution in [0.3, 0.4) is 0 Å². The second-order valence-electron chi connectivity index (χ2n) is 6.20. The average Bonchev–Trinajstić information content (AvgIpc) is 2.45. The summed E-state index contributed by atoms with van der Waals surface area (Å²) in [4.78, 5) is 29.7. The Morgan fingerprint density at radius 3 is 2.74 bits per heavy atom. The molecule has 1 aliphatic heterocycles. The van der Waals surface area contributed by atoms with Crippen LogP contribution < -0.4 is 5.56 Å². The number of aryl methyl sites for hydroxylation is 2. The largest absolute Gasteiger partial charge is 0.331 e. The van der Waals surface area contributed by atoms with E-state index in [0.29, 0.717) is 22.7 Å².